The summed E-state index contributed by atoms with van der Waals surface area (Å²) in [5.41, 5.74) is 0.933. The molecule has 2 rings (SSSR count). The fraction of sp³-hybridized carbons (Fsp3) is 0.600. The van der Waals surface area contributed by atoms with Crippen molar-refractivity contribution in [1.82, 2.24) is 5.32 Å². The van der Waals surface area contributed by atoms with E-state index in [-0.39, 0.29) is 11.9 Å². The van der Waals surface area contributed by atoms with Crippen LogP contribution >= 0.6 is 0 Å². The van der Waals surface area contributed by atoms with Gasteiger partial charge in [-0.2, -0.15) is 0 Å². The lowest BCUT2D eigenvalue weighted by atomic mass is 10.1. The first-order valence-corrected chi connectivity index (χ1v) is 7.03. The van der Waals surface area contributed by atoms with E-state index < -0.39 is 0 Å². The molecule has 1 fully saturated rings. The summed E-state index contributed by atoms with van der Waals surface area (Å²) in [7, 11) is 1.95. The molecule has 2 unspecified atom stereocenters. The van der Waals surface area contributed by atoms with Gasteiger partial charge in [0.2, 0.25) is 0 Å². The molecule has 2 atom stereocenters. The van der Waals surface area contributed by atoms with E-state index in [1.54, 1.807) is 12.1 Å². The zero-order valence-electron chi connectivity index (χ0n) is 11.7. The summed E-state index contributed by atoms with van der Waals surface area (Å²) in [6, 6.07) is 6.77. The predicted octanol–water partition coefficient (Wildman–Crippen LogP) is 2.42. The Hall–Kier alpha value is -1.13. The Kier molecular flexibility index (Phi) is 5.16. The number of nitrogens with one attached hydrogen (secondary N) is 1. The molecule has 0 bridgehead atoms. The lowest BCUT2D eigenvalue weighted by Crippen LogP contribution is -2.33. The molecule has 106 valence electrons. The predicted molar refractivity (Wildman–Crippen MR) is 76.1 cm³/mol. The Bertz CT molecular complexity index is 399. The van der Waals surface area contributed by atoms with Crippen LogP contribution in [0.2, 0.25) is 0 Å². The molecule has 0 spiro atoms. The molecule has 0 radical (unpaired) electrons. The lowest BCUT2D eigenvalue weighted by Gasteiger charge is -2.26. The number of halogens is 1. The van der Waals surface area contributed by atoms with E-state index in [1.807, 2.05) is 13.1 Å². The van der Waals surface area contributed by atoms with Gasteiger partial charge in [0, 0.05) is 25.3 Å². The molecular weight excluding hydrogens is 243 g/mol. The second-order valence-electron chi connectivity index (χ2n) is 5.03. The Labute approximate surface area is 114 Å². The number of nitrogens with zero attached hydrogens (tertiary/aromatic N) is 1. The maximum atomic E-state index is 13.3. The maximum absolute atomic E-state index is 13.3. The number of ether oxygens (including phenoxy) is 1. The van der Waals surface area contributed by atoms with E-state index in [9.17, 15) is 4.39 Å². The molecule has 4 heteroatoms. The van der Waals surface area contributed by atoms with Crippen LogP contribution in [-0.2, 0) is 4.74 Å². The van der Waals surface area contributed by atoms with Crippen molar-refractivity contribution in [3.8, 4) is 0 Å². The zero-order chi connectivity index (χ0) is 13.7. The summed E-state index contributed by atoms with van der Waals surface area (Å²) in [4.78, 5) is 2.18. The SMILES string of the molecule is CCN(CC1CCC(CNC)O1)c1cccc(F)c1. The standard InChI is InChI=1S/C15H23FN2O/c1-3-18(13-6-4-5-12(16)9-13)11-15-8-7-14(19-15)10-17-2/h4-6,9,14-15,17H,3,7-8,10-11H2,1-2H3. The van der Waals surface area contributed by atoms with Gasteiger partial charge in [0.25, 0.3) is 0 Å². The molecule has 3 nitrogen and oxygen atoms in total. The third-order valence-electron chi connectivity index (χ3n) is 3.61. The number of hydrogen-bond donors (Lipinski definition) is 1. The molecule has 1 aliphatic heterocycles. The topological polar surface area (TPSA) is 24.5 Å². The van der Waals surface area contributed by atoms with Gasteiger partial charge in [-0.25, -0.2) is 4.39 Å². The van der Waals surface area contributed by atoms with Crippen molar-refractivity contribution in [2.75, 3.05) is 31.6 Å². The van der Waals surface area contributed by atoms with Gasteiger partial charge in [0.1, 0.15) is 5.82 Å². The molecule has 1 aromatic carbocycles. The highest BCUT2D eigenvalue weighted by atomic mass is 19.1. The summed E-state index contributed by atoms with van der Waals surface area (Å²) in [5.74, 6) is -0.184. The van der Waals surface area contributed by atoms with Crippen molar-refractivity contribution in [2.45, 2.75) is 32.0 Å². The van der Waals surface area contributed by atoms with E-state index in [1.165, 1.54) is 6.07 Å². The Morgan fingerprint density at radius 2 is 2.16 bits per heavy atom. The van der Waals surface area contributed by atoms with Gasteiger partial charge in [-0.15, -0.1) is 0 Å². The first kappa shape index (κ1) is 14.3. The molecular formula is C15H23FN2O. The van der Waals surface area contributed by atoms with Gasteiger partial charge in [0.15, 0.2) is 0 Å². The molecule has 0 saturated carbocycles. The average molecular weight is 266 g/mol. The molecule has 0 amide bonds. The second-order valence-corrected chi connectivity index (χ2v) is 5.03. The number of anilines is 1. The number of hydrogen-bond acceptors (Lipinski definition) is 3. The lowest BCUT2D eigenvalue weighted by molar-refractivity contribution is 0.0506. The first-order valence-electron chi connectivity index (χ1n) is 7.03. The van der Waals surface area contributed by atoms with Crippen molar-refractivity contribution < 1.29 is 9.13 Å². The molecule has 1 saturated heterocycles. The highest BCUT2D eigenvalue weighted by Crippen LogP contribution is 2.23. The van der Waals surface area contributed by atoms with Crippen LogP contribution in [0.5, 0.6) is 0 Å². The summed E-state index contributed by atoms with van der Waals surface area (Å²) in [5, 5.41) is 3.15. The highest BCUT2D eigenvalue weighted by molar-refractivity contribution is 5.46. The maximum Gasteiger partial charge on any atom is 0.125 e. The van der Waals surface area contributed by atoms with Gasteiger partial charge in [-0.1, -0.05) is 6.07 Å². The van der Waals surface area contributed by atoms with Crippen molar-refractivity contribution in [2.24, 2.45) is 0 Å². The quantitative estimate of drug-likeness (QED) is 0.856. The van der Waals surface area contributed by atoms with Crippen LogP contribution in [-0.4, -0.2) is 38.9 Å². The molecule has 1 heterocycles. The van der Waals surface area contributed by atoms with Crippen LogP contribution in [0.15, 0.2) is 24.3 Å². The fourth-order valence-corrected chi connectivity index (χ4v) is 2.63. The van der Waals surface area contributed by atoms with E-state index in [0.717, 1.165) is 38.2 Å². The van der Waals surface area contributed by atoms with Gasteiger partial charge < -0.3 is 15.0 Å². The third-order valence-corrected chi connectivity index (χ3v) is 3.61. The molecule has 0 aromatic heterocycles. The van der Waals surface area contributed by atoms with E-state index in [2.05, 4.69) is 17.1 Å². The largest absolute Gasteiger partial charge is 0.372 e. The minimum Gasteiger partial charge on any atom is -0.372 e. The van der Waals surface area contributed by atoms with E-state index in [0.29, 0.717) is 6.10 Å². The summed E-state index contributed by atoms with van der Waals surface area (Å²) in [6.45, 7) is 4.69. The normalized spacial score (nSPS) is 22.7. The Morgan fingerprint density at radius 3 is 2.84 bits per heavy atom. The molecule has 1 aliphatic rings. The Balaban J connectivity index is 1.93. The van der Waals surface area contributed by atoms with Gasteiger partial charge in [-0.3, -0.25) is 0 Å². The van der Waals surface area contributed by atoms with Crippen molar-refractivity contribution >= 4 is 5.69 Å². The summed E-state index contributed by atoms with van der Waals surface area (Å²) >= 11 is 0. The van der Waals surface area contributed by atoms with Crippen LogP contribution in [0.1, 0.15) is 19.8 Å². The van der Waals surface area contributed by atoms with Crippen LogP contribution < -0.4 is 10.2 Å². The molecule has 0 aliphatic carbocycles. The smallest absolute Gasteiger partial charge is 0.125 e. The van der Waals surface area contributed by atoms with Gasteiger partial charge in [-0.05, 0) is 45.0 Å². The minimum atomic E-state index is -0.184. The van der Waals surface area contributed by atoms with Gasteiger partial charge in [0.05, 0.1) is 12.2 Å². The van der Waals surface area contributed by atoms with Gasteiger partial charge >= 0.3 is 0 Å². The van der Waals surface area contributed by atoms with E-state index >= 15 is 0 Å². The zero-order valence-corrected chi connectivity index (χ0v) is 11.7. The fourth-order valence-electron chi connectivity index (χ4n) is 2.63. The van der Waals surface area contributed by atoms with Crippen LogP contribution in [0, 0.1) is 5.82 Å². The number of benzene rings is 1. The van der Waals surface area contributed by atoms with Crippen LogP contribution in [0.3, 0.4) is 0 Å². The summed E-state index contributed by atoms with van der Waals surface area (Å²) in [6.07, 6.45) is 2.76. The number of likely N-dealkylation sites (N-methyl/N-ethyl adjacent to an activating group) is 2. The van der Waals surface area contributed by atoms with Crippen LogP contribution in [0.25, 0.3) is 0 Å². The van der Waals surface area contributed by atoms with E-state index in [4.69, 9.17) is 4.74 Å². The minimum absolute atomic E-state index is 0.184. The first-order chi connectivity index (χ1) is 9.22. The van der Waals surface area contributed by atoms with Crippen LogP contribution in [0.4, 0.5) is 10.1 Å². The molecule has 1 N–H and O–H groups in total. The monoisotopic (exact) mass is 266 g/mol. The third kappa shape index (κ3) is 3.91. The van der Waals surface area contributed by atoms with Crippen molar-refractivity contribution in [1.29, 1.82) is 0 Å². The molecule has 1 aromatic rings. The van der Waals surface area contributed by atoms with Crippen molar-refractivity contribution in [3.63, 3.8) is 0 Å². The highest BCUT2D eigenvalue weighted by Gasteiger charge is 2.26. The number of rotatable bonds is 6. The average Bonchev–Trinajstić information content (AvgIpc) is 2.84. The summed E-state index contributed by atoms with van der Waals surface area (Å²) < 4.78 is 19.3. The second kappa shape index (κ2) is 6.87. The molecule has 19 heavy (non-hydrogen) atoms. The van der Waals surface area contributed by atoms with Crippen molar-refractivity contribution in [3.05, 3.63) is 30.1 Å². The Morgan fingerprint density at radius 1 is 1.37 bits per heavy atom.